The van der Waals surface area contributed by atoms with E-state index in [1.165, 1.54) is 0 Å². The lowest BCUT2D eigenvalue weighted by atomic mass is 10.1. The topological polar surface area (TPSA) is 107 Å². The number of nitrogens with two attached hydrogens (primary N) is 3. The Labute approximate surface area is 142 Å². The lowest BCUT2D eigenvalue weighted by Crippen LogP contribution is -1.90. The second kappa shape index (κ2) is 7.87. The number of nitrogens with zero attached hydrogens (tertiary/aromatic N) is 1. The van der Waals surface area contributed by atoms with Crippen LogP contribution in [0.2, 0.25) is 0 Å². The molecule has 2 aromatic carbocycles. The van der Waals surface area contributed by atoms with Gasteiger partial charge in [0.25, 0.3) is 0 Å². The minimum Gasteiger partial charge on any atom is -0.399 e. The molecule has 5 nitrogen and oxygen atoms in total. The van der Waals surface area contributed by atoms with Gasteiger partial charge in [-0.1, -0.05) is 42.5 Å². The van der Waals surface area contributed by atoms with Gasteiger partial charge in [-0.05, 0) is 43.2 Å². The SMILES string of the molecule is Cc1[nH]nc(N)c1C.Nc1cc(N)cc(C=Cc2ccccc2)c1. The Bertz CT molecular complexity index is 779. The van der Waals surface area contributed by atoms with Crippen LogP contribution in [0.5, 0.6) is 0 Å². The van der Waals surface area contributed by atoms with Gasteiger partial charge in [0.05, 0.1) is 0 Å². The van der Waals surface area contributed by atoms with Gasteiger partial charge in [-0.3, -0.25) is 5.10 Å². The van der Waals surface area contributed by atoms with Crippen molar-refractivity contribution < 1.29 is 0 Å². The molecule has 0 atom stereocenters. The molecule has 0 amide bonds. The van der Waals surface area contributed by atoms with E-state index in [0.717, 1.165) is 22.4 Å². The van der Waals surface area contributed by atoms with Crippen molar-refractivity contribution >= 4 is 29.3 Å². The zero-order valence-electron chi connectivity index (χ0n) is 14.0. The molecule has 3 aromatic rings. The quantitative estimate of drug-likeness (QED) is 0.427. The molecule has 0 bridgehead atoms. The summed E-state index contributed by atoms with van der Waals surface area (Å²) in [6.07, 6.45) is 4.04. The second-order valence-corrected chi connectivity index (χ2v) is 5.54. The number of hydrogen-bond donors (Lipinski definition) is 4. The molecule has 0 aliphatic carbocycles. The van der Waals surface area contributed by atoms with E-state index in [2.05, 4.69) is 10.2 Å². The summed E-state index contributed by atoms with van der Waals surface area (Å²) < 4.78 is 0. The lowest BCUT2D eigenvalue weighted by molar-refractivity contribution is 1.05. The summed E-state index contributed by atoms with van der Waals surface area (Å²) in [6, 6.07) is 15.7. The first-order valence-electron chi connectivity index (χ1n) is 7.62. The van der Waals surface area contributed by atoms with Crippen molar-refractivity contribution in [3.8, 4) is 0 Å². The Morgan fingerprint density at radius 1 is 0.833 bits per heavy atom. The van der Waals surface area contributed by atoms with E-state index in [0.29, 0.717) is 17.2 Å². The van der Waals surface area contributed by atoms with Crippen molar-refractivity contribution in [2.45, 2.75) is 13.8 Å². The molecule has 5 heteroatoms. The van der Waals surface area contributed by atoms with Gasteiger partial charge in [-0.15, -0.1) is 0 Å². The van der Waals surface area contributed by atoms with E-state index >= 15 is 0 Å². The van der Waals surface area contributed by atoms with Crippen molar-refractivity contribution in [1.29, 1.82) is 0 Å². The predicted molar refractivity (Wildman–Crippen MR) is 103 cm³/mol. The third kappa shape index (κ3) is 4.91. The highest BCUT2D eigenvalue weighted by Crippen LogP contribution is 2.16. The Morgan fingerprint density at radius 2 is 1.42 bits per heavy atom. The number of aryl methyl sites for hydroxylation is 1. The Balaban J connectivity index is 0.000000219. The second-order valence-electron chi connectivity index (χ2n) is 5.54. The summed E-state index contributed by atoms with van der Waals surface area (Å²) in [6.45, 7) is 3.88. The van der Waals surface area contributed by atoms with Crippen LogP contribution in [0.1, 0.15) is 22.4 Å². The van der Waals surface area contributed by atoms with Crippen molar-refractivity contribution in [2.24, 2.45) is 0 Å². The maximum atomic E-state index is 5.71. The highest BCUT2D eigenvalue weighted by Gasteiger charge is 1.97. The van der Waals surface area contributed by atoms with Crippen molar-refractivity contribution in [3.63, 3.8) is 0 Å². The molecule has 0 unspecified atom stereocenters. The molecular weight excluding hydrogens is 298 g/mol. The molecule has 1 aromatic heterocycles. The predicted octanol–water partition coefficient (Wildman–Crippen LogP) is 3.63. The first-order chi connectivity index (χ1) is 11.5. The van der Waals surface area contributed by atoms with Crippen LogP contribution in [0.4, 0.5) is 17.2 Å². The summed E-state index contributed by atoms with van der Waals surface area (Å²) >= 11 is 0. The van der Waals surface area contributed by atoms with Crippen LogP contribution in [0.3, 0.4) is 0 Å². The Morgan fingerprint density at radius 3 is 1.88 bits per heavy atom. The average molecular weight is 321 g/mol. The zero-order valence-corrected chi connectivity index (χ0v) is 14.0. The molecule has 0 aliphatic rings. The van der Waals surface area contributed by atoms with Gasteiger partial charge in [0.15, 0.2) is 0 Å². The van der Waals surface area contributed by atoms with Gasteiger partial charge in [0, 0.05) is 22.6 Å². The number of rotatable bonds is 2. The molecule has 0 fully saturated rings. The van der Waals surface area contributed by atoms with Crippen LogP contribution in [0.25, 0.3) is 12.2 Å². The fraction of sp³-hybridized carbons (Fsp3) is 0.105. The molecule has 0 aliphatic heterocycles. The Kier molecular flexibility index (Phi) is 5.63. The fourth-order valence-corrected chi connectivity index (χ4v) is 2.06. The van der Waals surface area contributed by atoms with E-state index in [4.69, 9.17) is 17.2 Å². The molecule has 0 saturated heterocycles. The molecule has 0 saturated carbocycles. The third-order valence-corrected chi connectivity index (χ3v) is 3.56. The number of hydrogen-bond acceptors (Lipinski definition) is 4. The fourth-order valence-electron chi connectivity index (χ4n) is 2.06. The van der Waals surface area contributed by atoms with Crippen LogP contribution in [-0.2, 0) is 0 Å². The smallest absolute Gasteiger partial charge is 0.148 e. The molecule has 124 valence electrons. The number of benzene rings is 2. The minimum atomic E-state index is 0.600. The van der Waals surface area contributed by atoms with Crippen molar-refractivity contribution in [1.82, 2.24) is 10.2 Å². The largest absolute Gasteiger partial charge is 0.399 e. The van der Waals surface area contributed by atoms with E-state index in [1.807, 2.05) is 68.5 Å². The highest BCUT2D eigenvalue weighted by atomic mass is 15.2. The van der Waals surface area contributed by atoms with E-state index in [1.54, 1.807) is 6.07 Å². The minimum absolute atomic E-state index is 0.600. The van der Waals surface area contributed by atoms with Gasteiger partial charge < -0.3 is 17.2 Å². The first kappa shape index (κ1) is 17.1. The summed E-state index contributed by atoms with van der Waals surface area (Å²) in [5.74, 6) is 0.600. The molecule has 24 heavy (non-hydrogen) atoms. The molecule has 7 N–H and O–H groups in total. The molecular formula is C19H23N5. The van der Waals surface area contributed by atoms with E-state index < -0.39 is 0 Å². The van der Waals surface area contributed by atoms with Gasteiger partial charge in [0.1, 0.15) is 5.82 Å². The Hall–Kier alpha value is -3.21. The number of H-pyrrole nitrogens is 1. The zero-order chi connectivity index (χ0) is 17.5. The van der Waals surface area contributed by atoms with Crippen LogP contribution < -0.4 is 17.2 Å². The summed E-state index contributed by atoms with van der Waals surface area (Å²) in [4.78, 5) is 0. The van der Waals surface area contributed by atoms with Gasteiger partial charge >= 0.3 is 0 Å². The molecule has 1 heterocycles. The number of aromatic nitrogens is 2. The van der Waals surface area contributed by atoms with Crippen LogP contribution in [-0.4, -0.2) is 10.2 Å². The van der Waals surface area contributed by atoms with Gasteiger partial charge in [-0.2, -0.15) is 5.10 Å². The number of anilines is 3. The average Bonchev–Trinajstić information content (AvgIpc) is 2.85. The van der Waals surface area contributed by atoms with Gasteiger partial charge in [0.2, 0.25) is 0 Å². The summed E-state index contributed by atoms with van der Waals surface area (Å²) in [5, 5.41) is 6.53. The molecule has 0 radical (unpaired) electrons. The number of nitrogens with one attached hydrogen (secondary N) is 1. The van der Waals surface area contributed by atoms with Crippen LogP contribution >= 0.6 is 0 Å². The summed E-state index contributed by atoms with van der Waals surface area (Å²) in [5.41, 5.74) is 22.5. The lowest BCUT2D eigenvalue weighted by Gasteiger charge is -1.99. The monoisotopic (exact) mass is 321 g/mol. The maximum Gasteiger partial charge on any atom is 0.148 e. The normalized spacial score (nSPS) is 10.4. The van der Waals surface area contributed by atoms with Gasteiger partial charge in [-0.25, -0.2) is 0 Å². The number of nitrogen functional groups attached to an aromatic ring is 3. The standard InChI is InChI=1S/C14H14N2.C5H9N3/c15-13-8-12(9-14(16)10-13)7-6-11-4-2-1-3-5-11;1-3-4(2)7-8-5(3)6/h1-10H,15-16H2;1-2H3,(H3,6,7,8). The van der Waals surface area contributed by atoms with E-state index in [-0.39, 0.29) is 0 Å². The highest BCUT2D eigenvalue weighted by molar-refractivity contribution is 5.73. The van der Waals surface area contributed by atoms with Crippen molar-refractivity contribution in [3.05, 3.63) is 70.9 Å². The third-order valence-electron chi connectivity index (χ3n) is 3.56. The van der Waals surface area contributed by atoms with Crippen LogP contribution in [0.15, 0.2) is 48.5 Å². The maximum absolute atomic E-state index is 5.71. The first-order valence-corrected chi connectivity index (χ1v) is 7.62. The van der Waals surface area contributed by atoms with Crippen molar-refractivity contribution in [2.75, 3.05) is 17.2 Å². The molecule has 3 rings (SSSR count). The van der Waals surface area contributed by atoms with E-state index in [9.17, 15) is 0 Å². The number of aromatic amines is 1. The molecule has 0 spiro atoms. The summed E-state index contributed by atoms with van der Waals surface area (Å²) in [7, 11) is 0. The van der Waals surface area contributed by atoms with Crippen LogP contribution in [0, 0.1) is 13.8 Å².